The van der Waals surface area contributed by atoms with E-state index < -0.39 is 13.3 Å². The van der Waals surface area contributed by atoms with Gasteiger partial charge in [0, 0.05) is 0 Å². The van der Waals surface area contributed by atoms with Gasteiger partial charge in [0.15, 0.2) is 0 Å². The van der Waals surface area contributed by atoms with Crippen molar-refractivity contribution in [3.05, 3.63) is 40.8 Å². The summed E-state index contributed by atoms with van der Waals surface area (Å²) in [5.41, 5.74) is 7.62. The summed E-state index contributed by atoms with van der Waals surface area (Å²) in [6.45, 7) is 11.0. The van der Waals surface area contributed by atoms with Crippen LogP contribution in [0.2, 0.25) is 17.3 Å². The quantitative estimate of drug-likeness (QED) is 0.584. The summed E-state index contributed by atoms with van der Waals surface area (Å²) in [6.07, 6.45) is 2.39. The molecule has 0 radical (unpaired) electrons. The molecule has 0 unspecified atom stereocenters. The minimum atomic E-state index is -1.90. The second-order valence-electron chi connectivity index (χ2n) is 8.08. The van der Waals surface area contributed by atoms with Gasteiger partial charge in [0.25, 0.3) is 0 Å². The van der Waals surface area contributed by atoms with Gasteiger partial charge in [-0.25, -0.2) is 0 Å². The first kappa shape index (κ1) is 18.2. The molecule has 23 heavy (non-hydrogen) atoms. The maximum absolute atomic E-state index is 4.70. The van der Waals surface area contributed by atoms with Gasteiger partial charge in [-0.05, 0) is 0 Å². The Balaban J connectivity index is 2.78. The average molecular weight is 372 g/mol. The zero-order valence-corrected chi connectivity index (χ0v) is 18.3. The summed E-state index contributed by atoms with van der Waals surface area (Å²) in [5.74, 6) is 7.98. The number of nitrogens with zero attached hydrogens (tertiary/aromatic N) is 2. The Hall–Kier alpha value is -1.16. The van der Waals surface area contributed by atoms with Gasteiger partial charge in [-0.3, -0.25) is 0 Å². The van der Waals surface area contributed by atoms with E-state index in [0.717, 1.165) is 11.4 Å². The number of rotatable bonds is 3. The summed E-state index contributed by atoms with van der Waals surface area (Å²) in [4.78, 5) is 4.70. The van der Waals surface area contributed by atoms with E-state index >= 15 is 0 Å². The van der Waals surface area contributed by atoms with Crippen molar-refractivity contribution >= 4 is 17.7 Å². The van der Waals surface area contributed by atoms with E-state index in [-0.39, 0.29) is 0 Å². The molecular weight excluding hydrogens is 341 g/mol. The first-order valence-corrected chi connectivity index (χ1v) is 15.9. The Morgan fingerprint density at radius 2 is 1.65 bits per heavy atom. The second kappa shape index (κ2) is 6.39. The third kappa shape index (κ3) is 3.68. The molecule has 0 bridgehead atoms. The van der Waals surface area contributed by atoms with Crippen LogP contribution in [0.1, 0.15) is 42.3 Å². The van der Waals surface area contributed by atoms with Crippen LogP contribution >= 0.6 is 0 Å². The van der Waals surface area contributed by atoms with Crippen molar-refractivity contribution < 1.29 is 4.57 Å². The number of pyridine rings is 2. The van der Waals surface area contributed by atoms with Crippen LogP contribution < -0.4 is 8.96 Å². The van der Waals surface area contributed by atoms with E-state index in [2.05, 4.69) is 81.8 Å². The van der Waals surface area contributed by atoms with Gasteiger partial charge in [0.1, 0.15) is 0 Å². The molecule has 0 spiro atoms. The van der Waals surface area contributed by atoms with E-state index in [0.29, 0.717) is 5.92 Å². The molecule has 0 N–H and O–H groups in total. The van der Waals surface area contributed by atoms with Crippen molar-refractivity contribution in [3.63, 3.8) is 0 Å². The Labute approximate surface area is 144 Å². The molecule has 0 aliphatic carbocycles. The van der Waals surface area contributed by atoms with Crippen LogP contribution in [-0.4, -0.2) is 18.3 Å². The number of hydrogen-bond donors (Lipinski definition) is 0. The molecular formula is C20H31GeN2+. The number of hydrogen-bond acceptors (Lipinski definition) is 1. The standard InChI is InChI=1S/C20H31GeN2/c1-13(2)17-11-19(23(9)12-18(17)21(6,7)8)20-14(3)10-15(4)22-16(20)5/h10-13H,1-9H3/q+1. The van der Waals surface area contributed by atoms with Crippen LogP contribution in [-0.2, 0) is 7.05 Å². The van der Waals surface area contributed by atoms with Gasteiger partial charge in [0.05, 0.1) is 0 Å². The Bertz CT molecular complexity index is 717. The average Bonchev–Trinajstić information content (AvgIpc) is 2.37. The molecule has 2 aromatic rings. The second-order valence-corrected chi connectivity index (χ2v) is 18.7. The fraction of sp³-hybridized carbons (Fsp3) is 0.500. The first-order valence-electron chi connectivity index (χ1n) is 8.51. The van der Waals surface area contributed by atoms with Crippen LogP contribution in [0.25, 0.3) is 11.3 Å². The van der Waals surface area contributed by atoms with Crippen molar-refractivity contribution in [2.75, 3.05) is 0 Å². The third-order valence-corrected chi connectivity index (χ3v) is 8.78. The molecule has 0 aromatic carbocycles. The van der Waals surface area contributed by atoms with Gasteiger partial charge in [-0.2, -0.15) is 0 Å². The summed E-state index contributed by atoms with van der Waals surface area (Å²) < 4.78 is 3.92. The van der Waals surface area contributed by atoms with E-state index in [1.165, 1.54) is 22.4 Å². The Morgan fingerprint density at radius 3 is 2.13 bits per heavy atom. The summed E-state index contributed by atoms with van der Waals surface area (Å²) in [5, 5.41) is 0. The first-order chi connectivity index (χ1) is 10.5. The normalized spacial score (nSPS) is 12.1. The van der Waals surface area contributed by atoms with Crippen LogP contribution in [0.5, 0.6) is 0 Å². The van der Waals surface area contributed by atoms with Gasteiger partial charge >= 0.3 is 144 Å². The minimum absolute atomic E-state index is 0.550. The number of aryl methyl sites for hydroxylation is 4. The predicted molar refractivity (Wildman–Crippen MR) is 102 cm³/mol. The van der Waals surface area contributed by atoms with Crippen molar-refractivity contribution in [2.45, 2.75) is 57.8 Å². The van der Waals surface area contributed by atoms with Crippen LogP contribution in [0.15, 0.2) is 18.3 Å². The zero-order chi connectivity index (χ0) is 17.5. The van der Waals surface area contributed by atoms with Crippen molar-refractivity contribution in [3.8, 4) is 11.3 Å². The Morgan fingerprint density at radius 1 is 1.04 bits per heavy atom. The van der Waals surface area contributed by atoms with Crippen LogP contribution in [0.3, 0.4) is 0 Å². The fourth-order valence-corrected chi connectivity index (χ4v) is 7.22. The van der Waals surface area contributed by atoms with E-state index in [1.807, 2.05) is 0 Å². The third-order valence-electron chi connectivity index (χ3n) is 4.52. The molecule has 0 aliphatic heterocycles. The molecule has 2 rings (SSSR count). The van der Waals surface area contributed by atoms with Crippen molar-refractivity contribution in [2.24, 2.45) is 7.05 Å². The molecule has 0 amide bonds. The maximum atomic E-state index is 4.70. The van der Waals surface area contributed by atoms with E-state index in [4.69, 9.17) is 4.98 Å². The fourth-order valence-electron chi connectivity index (χ4n) is 3.43. The van der Waals surface area contributed by atoms with E-state index in [1.54, 1.807) is 4.40 Å². The molecule has 2 nitrogen and oxygen atoms in total. The molecule has 2 heterocycles. The number of aromatic nitrogens is 2. The van der Waals surface area contributed by atoms with Gasteiger partial charge in [0.2, 0.25) is 0 Å². The monoisotopic (exact) mass is 373 g/mol. The predicted octanol–water partition coefficient (Wildman–Crippen LogP) is 4.17. The SMILES string of the molecule is Cc1cc(C)c(-c2cc(C(C)C)[c]([Ge]([CH3])([CH3])[CH3])c[n+]2C)c(C)n1. The Kier molecular flexibility index (Phi) is 5.05. The van der Waals surface area contributed by atoms with Crippen LogP contribution in [0, 0.1) is 20.8 Å². The molecule has 0 saturated carbocycles. The summed E-state index contributed by atoms with van der Waals surface area (Å²) >= 11 is -1.90. The molecule has 3 heteroatoms. The van der Waals surface area contributed by atoms with Gasteiger partial charge in [-0.15, -0.1) is 0 Å². The topological polar surface area (TPSA) is 16.8 Å². The van der Waals surface area contributed by atoms with Gasteiger partial charge < -0.3 is 0 Å². The molecule has 0 saturated heterocycles. The molecule has 124 valence electrons. The van der Waals surface area contributed by atoms with Crippen molar-refractivity contribution in [1.29, 1.82) is 0 Å². The molecule has 0 aliphatic rings. The van der Waals surface area contributed by atoms with Crippen molar-refractivity contribution in [1.82, 2.24) is 4.98 Å². The molecule has 0 atom stereocenters. The zero-order valence-electron chi connectivity index (χ0n) is 16.2. The van der Waals surface area contributed by atoms with E-state index in [9.17, 15) is 0 Å². The molecule has 2 aromatic heterocycles. The van der Waals surface area contributed by atoms with Crippen LogP contribution in [0.4, 0.5) is 0 Å². The summed E-state index contributed by atoms with van der Waals surface area (Å²) in [7, 11) is 2.18. The molecule has 0 fully saturated rings. The van der Waals surface area contributed by atoms with Gasteiger partial charge in [-0.1, -0.05) is 0 Å². The summed E-state index contributed by atoms with van der Waals surface area (Å²) in [6, 6.07) is 4.61.